The number of hydrogen-bond acceptors (Lipinski definition) is 4. The molecule has 18 heavy (non-hydrogen) atoms. The summed E-state index contributed by atoms with van der Waals surface area (Å²) < 4.78 is 5.20. The lowest BCUT2D eigenvalue weighted by Crippen LogP contribution is -2.32. The molecule has 96 valence electrons. The van der Waals surface area contributed by atoms with Crippen LogP contribution in [0, 0.1) is 0 Å². The van der Waals surface area contributed by atoms with E-state index < -0.39 is 5.24 Å². The van der Waals surface area contributed by atoms with Gasteiger partial charge in [0.2, 0.25) is 0 Å². The zero-order chi connectivity index (χ0) is 13.0. The minimum absolute atomic E-state index is 0.109. The first-order valence-corrected chi connectivity index (χ1v) is 6.22. The molecule has 4 nitrogen and oxygen atoms in total. The summed E-state index contributed by atoms with van der Waals surface area (Å²) in [4.78, 5) is 17.2. The summed E-state index contributed by atoms with van der Waals surface area (Å²) >= 11 is 5.21. The molecule has 0 N–H and O–H groups in total. The standard InChI is InChI=1S/C13H15ClN2O2/c1-16-8-2-7-15-13(16)10-3-5-11(6-4-10)18-9-12(14)17/h3-6H,2,7-9H2,1H3. The summed E-state index contributed by atoms with van der Waals surface area (Å²) in [7, 11) is 2.04. The summed E-state index contributed by atoms with van der Waals surface area (Å²) in [5, 5.41) is -0.504. The van der Waals surface area contributed by atoms with E-state index in [2.05, 4.69) is 9.89 Å². The highest BCUT2D eigenvalue weighted by molar-refractivity contribution is 6.63. The molecule has 0 fully saturated rings. The van der Waals surface area contributed by atoms with Crippen molar-refractivity contribution < 1.29 is 9.53 Å². The predicted octanol–water partition coefficient (Wildman–Crippen LogP) is 1.91. The Kier molecular flexibility index (Phi) is 4.20. The number of nitrogens with zero attached hydrogens (tertiary/aromatic N) is 2. The van der Waals surface area contributed by atoms with Gasteiger partial charge in [0.25, 0.3) is 5.24 Å². The monoisotopic (exact) mass is 266 g/mol. The molecule has 1 aliphatic rings. The molecule has 1 aromatic carbocycles. The largest absolute Gasteiger partial charge is 0.484 e. The van der Waals surface area contributed by atoms with Crippen molar-refractivity contribution >= 4 is 22.7 Å². The van der Waals surface area contributed by atoms with Gasteiger partial charge in [-0.1, -0.05) is 0 Å². The third-order valence-electron chi connectivity index (χ3n) is 2.74. The molecule has 0 bridgehead atoms. The lowest BCUT2D eigenvalue weighted by molar-refractivity contribution is -0.113. The topological polar surface area (TPSA) is 41.9 Å². The normalized spacial score (nSPS) is 15.2. The summed E-state index contributed by atoms with van der Waals surface area (Å²) in [5.41, 5.74) is 1.06. The van der Waals surface area contributed by atoms with Crippen molar-refractivity contribution in [2.75, 3.05) is 26.7 Å². The van der Waals surface area contributed by atoms with Crippen molar-refractivity contribution in [1.82, 2.24) is 4.90 Å². The van der Waals surface area contributed by atoms with Crippen LogP contribution in [0.2, 0.25) is 0 Å². The fourth-order valence-electron chi connectivity index (χ4n) is 1.87. The fraction of sp³-hybridized carbons (Fsp3) is 0.385. The van der Waals surface area contributed by atoms with Crippen LogP contribution in [0.3, 0.4) is 0 Å². The number of benzene rings is 1. The Labute approximate surface area is 111 Å². The van der Waals surface area contributed by atoms with Crippen LogP contribution < -0.4 is 4.74 Å². The average Bonchev–Trinajstić information content (AvgIpc) is 2.38. The third-order valence-corrected chi connectivity index (χ3v) is 2.85. The average molecular weight is 267 g/mol. The van der Waals surface area contributed by atoms with E-state index in [1.54, 1.807) is 0 Å². The van der Waals surface area contributed by atoms with Gasteiger partial charge in [0.15, 0.2) is 6.61 Å². The van der Waals surface area contributed by atoms with Gasteiger partial charge in [-0.25, -0.2) is 0 Å². The molecule has 5 heteroatoms. The van der Waals surface area contributed by atoms with Crippen LogP contribution >= 0.6 is 11.6 Å². The first kappa shape index (κ1) is 12.9. The quantitative estimate of drug-likeness (QED) is 0.782. The second-order valence-corrected chi connectivity index (χ2v) is 4.57. The van der Waals surface area contributed by atoms with Crippen molar-refractivity contribution in [3.8, 4) is 5.75 Å². The van der Waals surface area contributed by atoms with Gasteiger partial charge < -0.3 is 9.64 Å². The molecule has 0 atom stereocenters. The van der Waals surface area contributed by atoms with Crippen LogP contribution in [0.5, 0.6) is 5.75 Å². The lowest BCUT2D eigenvalue weighted by atomic mass is 10.1. The van der Waals surface area contributed by atoms with E-state index in [9.17, 15) is 4.79 Å². The van der Waals surface area contributed by atoms with Crippen LogP contribution in [-0.2, 0) is 4.79 Å². The highest BCUT2D eigenvalue weighted by Crippen LogP contribution is 2.15. The van der Waals surface area contributed by atoms with Gasteiger partial charge in [-0.2, -0.15) is 0 Å². The van der Waals surface area contributed by atoms with Gasteiger partial charge in [0.05, 0.1) is 0 Å². The van der Waals surface area contributed by atoms with Crippen LogP contribution in [0.1, 0.15) is 12.0 Å². The molecule has 0 spiro atoms. The van der Waals surface area contributed by atoms with Crippen molar-refractivity contribution in [1.29, 1.82) is 0 Å². The molecule has 0 amide bonds. The minimum Gasteiger partial charge on any atom is -0.484 e. The molecule has 2 rings (SSSR count). The zero-order valence-electron chi connectivity index (χ0n) is 10.2. The van der Waals surface area contributed by atoms with Crippen molar-refractivity contribution in [2.24, 2.45) is 4.99 Å². The summed E-state index contributed by atoms with van der Waals surface area (Å²) in [6, 6.07) is 7.52. The molecule has 1 aliphatic heterocycles. The van der Waals surface area contributed by atoms with E-state index >= 15 is 0 Å². The van der Waals surface area contributed by atoms with Crippen LogP contribution in [0.4, 0.5) is 0 Å². The number of ether oxygens (including phenoxy) is 1. The van der Waals surface area contributed by atoms with E-state index in [4.69, 9.17) is 16.3 Å². The van der Waals surface area contributed by atoms with Crippen molar-refractivity contribution in [3.63, 3.8) is 0 Å². The highest BCUT2D eigenvalue weighted by atomic mass is 35.5. The van der Waals surface area contributed by atoms with Crippen LogP contribution in [-0.4, -0.2) is 42.7 Å². The maximum atomic E-state index is 10.6. The van der Waals surface area contributed by atoms with Gasteiger partial charge in [0.1, 0.15) is 11.6 Å². The number of rotatable bonds is 4. The molecule has 1 heterocycles. The Bertz CT molecular complexity index is 457. The van der Waals surface area contributed by atoms with Gasteiger partial charge in [0, 0.05) is 25.7 Å². The molecule has 0 saturated heterocycles. The first-order chi connectivity index (χ1) is 8.66. The summed E-state index contributed by atoms with van der Waals surface area (Å²) in [6.45, 7) is 1.79. The van der Waals surface area contributed by atoms with E-state index in [0.717, 1.165) is 30.9 Å². The number of amidine groups is 1. The molecule has 0 saturated carbocycles. The number of halogens is 1. The summed E-state index contributed by atoms with van der Waals surface area (Å²) in [5.74, 6) is 1.63. The maximum Gasteiger partial charge on any atom is 0.259 e. The van der Waals surface area contributed by atoms with E-state index in [1.807, 2.05) is 31.3 Å². The molecule has 0 aromatic heterocycles. The van der Waals surface area contributed by atoms with E-state index in [-0.39, 0.29) is 6.61 Å². The SMILES string of the molecule is CN1CCCN=C1c1ccc(OCC(=O)Cl)cc1. The van der Waals surface area contributed by atoms with Gasteiger partial charge in [-0.15, -0.1) is 0 Å². The zero-order valence-corrected chi connectivity index (χ0v) is 11.0. The second-order valence-electron chi connectivity index (χ2n) is 4.15. The Hall–Kier alpha value is -1.55. The number of carbonyl (C=O) groups is 1. The van der Waals surface area contributed by atoms with Crippen LogP contribution in [0.15, 0.2) is 29.3 Å². The predicted molar refractivity (Wildman–Crippen MR) is 71.4 cm³/mol. The van der Waals surface area contributed by atoms with Gasteiger partial charge in [-0.05, 0) is 42.3 Å². The Balaban J connectivity index is 2.07. The molecule has 0 aliphatic carbocycles. The number of carbonyl (C=O) groups excluding carboxylic acids is 1. The fourth-order valence-corrected chi connectivity index (χ4v) is 1.93. The van der Waals surface area contributed by atoms with Crippen molar-refractivity contribution in [3.05, 3.63) is 29.8 Å². The minimum atomic E-state index is -0.504. The molecule has 0 radical (unpaired) electrons. The summed E-state index contributed by atoms with van der Waals surface area (Å²) in [6.07, 6.45) is 1.10. The highest BCUT2D eigenvalue weighted by Gasteiger charge is 2.12. The Morgan fingerprint density at radius 2 is 2.17 bits per heavy atom. The number of aliphatic imine (C=N–C) groups is 1. The van der Waals surface area contributed by atoms with Crippen LogP contribution in [0.25, 0.3) is 0 Å². The Morgan fingerprint density at radius 3 is 2.78 bits per heavy atom. The Morgan fingerprint density at radius 1 is 1.44 bits per heavy atom. The van der Waals surface area contributed by atoms with E-state index in [1.165, 1.54) is 0 Å². The molecule has 1 aromatic rings. The van der Waals surface area contributed by atoms with E-state index in [0.29, 0.717) is 5.75 Å². The smallest absolute Gasteiger partial charge is 0.259 e. The van der Waals surface area contributed by atoms with Gasteiger partial charge >= 0.3 is 0 Å². The number of hydrogen-bond donors (Lipinski definition) is 0. The molecular formula is C13H15ClN2O2. The lowest BCUT2D eigenvalue weighted by Gasteiger charge is -2.25. The van der Waals surface area contributed by atoms with Crippen molar-refractivity contribution in [2.45, 2.75) is 6.42 Å². The molecule has 0 unspecified atom stereocenters. The third kappa shape index (κ3) is 3.23. The second kappa shape index (κ2) is 5.87. The first-order valence-electron chi connectivity index (χ1n) is 5.84. The van der Waals surface area contributed by atoms with Gasteiger partial charge in [-0.3, -0.25) is 9.79 Å². The molecular weight excluding hydrogens is 252 g/mol. The maximum absolute atomic E-state index is 10.6.